The largest absolute Gasteiger partial charge is 0.292 e. The van der Waals surface area contributed by atoms with E-state index >= 15 is 0 Å². The van der Waals surface area contributed by atoms with E-state index in [2.05, 4.69) is 17.1 Å². The SMILES string of the molecule is O=C(c1ccc(F)cc1)c1ccc(CN2CC=CC2)cc1. The van der Waals surface area contributed by atoms with Gasteiger partial charge in [0.1, 0.15) is 5.82 Å². The molecular weight excluding hydrogens is 265 g/mol. The maximum absolute atomic E-state index is 12.9. The first-order chi connectivity index (χ1) is 10.2. The summed E-state index contributed by atoms with van der Waals surface area (Å²) in [5, 5.41) is 0. The molecule has 0 saturated carbocycles. The van der Waals surface area contributed by atoms with E-state index in [0.29, 0.717) is 11.1 Å². The van der Waals surface area contributed by atoms with Crippen LogP contribution in [-0.2, 0) is 6.54 Å². The fourth-order valence-corrected chi connectivity index (χ4v) is 2.44. The summed E-state index contributed by atoms with van der Waals surface area (Å²) >= 11 is 0. The zero-order chi connectivity index (χ0) is 14.7. The van der Waals surface area contributed by atoms with E-state index in [1.165, 1.54) is 29.8 Å². The third-order valence-corrected chi connectivity index (χ3v) is 3.62. The summed E-state index contributed by atoms with van der Waals surface area (Å²) in [7, 11) is 0. The van der Waals surface area contributed by atoms with Crippen molar-refractivity contribution in [2.45, 2.75) is 6.54 Å². The minimum Gasteiger partial charge on any atom is -0.292 e. The molecule has 2 aromatic rings. The van der Waals surface area contributed by atoms with Crippen LogP contribution < -0.4 is 0 Å². The Labute approximate surface area is 123 Å². The first-order valence-electron chi connectivity index (χ1n) is 6.99. The summed E-state index contributed by atoms with van der Waals surface area (Å²) in [6.07, 6.45) is 4.32. The molecule has 1 aliphatic heterocycles. The molecule has 1 aliphatic rings. The van der Waals surface area contributed by atoms with E-state index in [9.17, 15) is 9.18 Å². The van der Waals surface area contributed by atoms with Crippen molar-refractivity contribution in [3.63, 3.8) is 0 Å². The van der Waals surface area contributed by atoms with Gasteiger partial charge in [0.2, 0.25) is 0 Å². The summed E-state index contributed by atoms with van der Waals surface area (Å²) < 4.78 is 12.9. The molecule has 0 aliphatic carbocycles. The molecule has 0 saturated heterocycles. The highest BCUT2D eigenvalue weighted by Gasteiger charge is 2.10. The van der Waals surface area contributed by atoms with E-state index in [4.69, 9.17) is 0 Å². The highest BCUT2D eigenvalue weighted by Crippen LogP contribution is 2.14. The number of hydrogen-bond acceptors (Lipinski definition) is 2. The molecule has 3 rings (SSSR count). The van der Waals surface area contributed by atoms with Gasteiger partial charge < -0.3 is 0 Å². The molecule has 0 bridgehead atoms. The van der Waals surface area contributed by atoms with Gasteiger partial charge in [0, 0.05) is 30.8 Å². The van der Waals surface area contributed by atoms with Gasteiger partial charge in [-0.25, -0.2) is 4.39 Å². The molecule has 0 spiro atoms. The molecule has 1 heterocycles. The van der Waals surface area contributed by atoms with Crippen molar-refractivity contribution in [2.75, 3.05) is 13.1 Å². The summed E-state index contributed by atoms with van der Waals surface area (Å²) in [6.45, 7) is 2.85. The average molecular weight is 281 g/mol. The minimum absolute atomic E-state index is 0.0793. The lowest BCUT2D eigenvalue weighted by molar-refractivity contribution is 0.103. The topological polar surface area (TPSA) is 20.3 Å². The molecule has 21 heavy (non-hydrogen) atoms. The molecule has 106 valence electrons. The Bertz CT molecular complexity index is 651. The molecule has 0 fully saturated rings. The quantitative estimate of drug-likeness (QED) is 0.632. The van der Waals surface area contributed by atoms with Crippen molar-refractivity contribution in [1.29, 1.82) is 0 Å². The van der Waals surface area contributed by atoms with Gasteiger partial charge in [-0.15, -0.1) is 0 Å². The van der Waals surface area contributed by atoms with E-state index in [-0.39, 0.29) is 11.6 Å². The Balaban J connectivity index is 1.71. The summed E-state index contributed by atoms with van der Waals surface area (Å²) in [5.41, 5.74) is 2.33. The maximum atomic E-state index is 12.9. The van der Waals surface area contributed by atoms with Crippen molar-refractivity contribution < 1.29 is 9.18 Å². The molecule has 2 aromatic carbocycles. The summed E-state index contributed by atoms with van der Waals surface area (Å²) in [6, 6.07) is 13.3. The lowest BCUT2D eigenvalue weighted by Gasteiger charge is -2.14. The van der Waals surface area contributed by atoms with Crippen molar-refractivity contribution >= 4 is 5.78 Å². The van der Waals surface area contributed by atoms with Crippen molar-refractivity contribution in [2.24, 2.45) is 0 Å². The van der Waals surface area contributed by atoms with E-state index in [1.54, 1.807) is 0 Å². The third kappa shape index (κ3) is 3.26. The Kier molecular flexibility index (Phi) is 3.93. The number of halogens is 1. The van der Waals surface area contributed by atoms with Crippen molar-refractivity contribution in [1.82, 2.24) is 4.90 Å². The highest BCUT2D eigenvalue weighted by molar-refractivity contribution is 6.08. The Morgan fingerprint density at radius 1 is 0.905 bits per heavy atom. The fourth-order valence-electron chi connectivity index (χ4n) is 2.44. The van der Waals surface area contributed by atoms with E-state index in [0.717, 1.165) is 19.6 Å². The molecule has 0 aromatic heterocycles. The summed E-state index contributed by atoms with van der Waals surface area (Å²) in [5.74, 6) is -0.412. The second-order valence-electron chi connectivity index (χ2n) is 5.20. The first-order valence-corrected chi connectivity index (χ1v) is 6.99. The average Bonchev–Trinajstić information content (AvgIpc) is 3.01. The van der Waals surface area contributed by atoms with Crippen LogP contribution in [0.3, 0.4) is 0 Å². The molecule has 0 radical (unpaired) electrons. The van der Waals surface area contributed by atoms with E-state index in [1.807, 2.05) is 24.3 Å². The van der Waals surface area contributed by atoms with Crippen molar-refractivity contribution in [3.8, 4) is 0 Å². The molecular formula is C18H16FNO. The van der Waals surface area contributed by atoms with Gasteiger partial charge in [0.25, 0.3) is 0 Å². The number of carbonyl (C=O) groups excluding carboxylic acids is 1. The number of nitrogens with zero attached hydrogens (tertiary/aromatic N) is 1. The van der Waals surface area contributed by atoms with Crippen LogP contribution in [0.2, 0.25) is 0 Å². The van der Waals surface area contributed by atoms with Crippen LogP contribution >= 0.6 is 0 Å². The number of benzene rings is 2. The lowest BCUT2D eigenvalue weighted by Crippen LogP contribution is -2.19. The monoisotopic (exact) mass is 281 g/mol. The third-order valence-electron chi connectivity index (χ3n) is 3.62. The van der Waals surface area contributed by atoms with Crippen LogP contribution in [-0.4, -0.2) is 23.8 Å². The van der Waals surface area contributed by atoms with Gasteiger partial charge in [-0.3, -0.25) is 9.69 Å². The van der Waals surface area contributed by atoms with Gasteiger partial charge in [-0.2, -0.15) is 0 Å². The number of ketones is 1. The smallest absolute Gasteiger partial charge is 0.193 e. The second kappa shape index (κ2) is 6.02. The number of rotatable bonds is 4. The lowest BCUT2D eigenvalue weighted by atomic mass is 10.0. The Morgan fingerprint density at radius 2 is 1.43 bits per heavy atom. The summed E-state index contributed by atoms with van der Waals surface area (Å²) in [4.78, 5) is 14.6. The molecule has 0 unspecified atom stereocenters. The molecule has 3 heteroatoms. The van der Waals surface area contributed by atoms with Gasteiger partial charge in [-0.05, 0) is 29.8 Å². The first kappa shape index (κ1) is 13.7. The molecule has 2 nitrogen and oxygen atoms in total. The van der Waals surface area contributed by atoms with Crippen LogP contribution in [0.15, 0.2) is 60.7 Å². The van der Waals surface area contributed by atoms with Crippen LogP contribution in [0, 0.1) is 5.82 Å². The zero-order valence-corrected chi connectivity index (χ0v) is 11.6. The predicted octanol–water partition coefficient (Wildman–Crippen LogP) is 3.43. The van der Waals surface area contributed by atoms with Gasteiger partial charge in [0.05, 0.1) is 0 Å². The standard InChI is InChI=1S/C18H16FNO/c19-17-9-7-16(8-10-17)18(21)15-5-3-14(4-6-15)13-20-11-1-2-12-20/h1-10H,11-13H2. The van der Waals surface area contributed by atoms with Gasteiger partial charge in [0.15, 0.2) is 5.78 Å². The van der Waals surface area contributed by atoms with Gasteiger partial charge in [-0.1, -0.05) is 36.4 Å². The Hall–Kier alpha value is -2.26. The second-order valence-corrected chi connectivity index (χ2v) is 5.20. The Morgan fingerprint density at radius 3 is 2.00 bits per heavy atom. The van der Waals surface area contributed by atoms with E-state index < -0.39 is 0 Å². The zero-order valence-electron chi connectivity index (χ0n) is 11.6. The molecule has 0 amide bonds. The highest BCUT2D eigenvalue weighted by atomic mass is 19.1. The van der Waals surface area contributed by atoms with Crippen molar-refractivity contribution in [3.05, 3.63) is 83.2 Å². The molecule has 0 N–H and O–H groups in total. The van der Waals surface area contributed by atoms with Crippen LogP contribution in [0.1, 0.15) is 21.5 Å². The predicted molar refractivity (Wildman–Crippen MR) is 80.7 cm³/mol. The van der Waals surface area contributed by atoms with Crippen LogP contribution in [0.4, 0.5) is 4.39 Å². The number of hydrogen-bond donors (Lipinski definition) is 0. The fraction of sp³-hybridized carbons (Fsp3) is 0.167. The molecule has 0 atom stereocenters. The van der Waals surface area contributed by atoms with Gasteiger partial charge >= 0.3 is 0 Å². The number of carbonyl (C=O) groups is 1. The maximum Gasteiger partial charge on any atom is 0.193 e. The van der Waals surface area contributed by atoms with Crippen LogP contribution in [0.25, 0.3) is 0 Å². The normalized spacial score (nSPS) is 14.5. The minimum atomic E-state index is -0.332. The van der Waals surface area contributed by atoms with Crippen LogP contribution in [0.5, 0.6) is 0 Å².